The smallest absolute Gasteiger partial charge is 0.407 e. The molecular weight excluding hydrogens is 548 g/mol. The van der Waals surface area contributed by atoms with E-state index in [2.05, 4.69) is 15.3 Å². The maximum absolute atomic E-state index is 13.0. The summed E-state index contributed by atoms with van der Waals surface area (Å²) >= 11 is 6.84. The minimum Gasteiger partial charge on any atom is -0.496 e. The number of ether oxygens (including phenoxy) is 1. The Morgan fingerprint density at radius 1 is 1.10 bits per heavy atom. The molecule has 0 bridgehead atoms. The second-order valence-electron chi connectivity index (χ2n) is 9.01. The van der Waals surface area contributed by atoms with Crippen molar-refractivity contribution in [2.24, 2.45) is 0 Å². The Bertz CT molecular complexity index is 1590. The zero-order valence-corrected chi connectivity index (χ0v) is 23.1. The van der Waals surface area contributed by atoms with E-state index in [0.717, 1.165) is 16.0 Å². The van der Waals surface area contributed by atoms with E-state index < -0.39 is 12.0 Å². The van der Waals surface area contributed by atoms with Crippen LogP contribution >= 0.6 is 11.6 Å². The first-order chi connectivity index (χ1) is 19.8. The number of rotatable bonds is 10. The fourth-order valence-corrected chi connectivity index (χ4v) is 4.62. The molecule has 2 aromatic heterocycles. The Labute approximate surface area is 241 Å². The first-order valence-corrected chi connectivity index (χ1v) is 12.9. The van der Waals surface area contributed by atoms with Crippen LogP contribution in [-0.2, 0) is 6.54 Å². The molecule has 4 rings (SSSR count). The molecule has 41 heavy (non-hydrogen) atoms. The van der Waals surface area contributed by atoms with Crippen LogP contribution < -0.4 is 10.1 Å². The number of amides is 2. The lowest BCUT2D eigenvalue weighted by molar-refractivity contribution is 0.102. The number of aldehydes is 1. The van der Waals surface area contributed by atoms with Crippen LogP contribution in [-0.4, -0.2) is 63.6 Å². The summed E-state index contributed by atoms with van der Waals surface area (Å²) in [7, 11) is 1.48. The topological polar surface area (TPSA) is 142 Å². The van der Waals surface area contributed by atoms with Gasteiger partial charge in [-0.05, 0) is 53.9 Å². The van der Waals surface area contributed by atoms with Gasteiger partial charge in [0.15, 0.2) is 6.29 Å². The molecule has 0 radical (unpaired) electrons. The summed E-state index contributed by atoms with van der Waals surface area (Å²) in [6, 6.07) is 15.5. The Morgan fingerprint density at radius 3 is 2.56 bits per heavy atom. The number of carboxylic acid groups (broad SMARTS) is 1. The number of carbonyl (C=O) groups is 3. The van der Waals surface area contributed by atoms with Gasteiger partial charge in [0.05, 0.1) is 36.5 Å². The SMILES string of the molecule is COc1cc(-c2nccc(-c3cccc(NC(=O)c4ccc(CN(CCO)C(=O)O)cn4)c3C)c2Cl)ccc1C=O. The highest BCUT2D eigenvalue weighted by Crippen LogP contribution is 2.39. The zero-order valence-electron chi connectivity index (χ0n) is 22.3. The molecule has 2 aromatic carbocycles. The van der Waals surface area contributed by atoms with Gasteiger partial charge in [-0.15, -0.1) is 0 Å². The van der Waals surface area contributed by atoms with Crippen LogP contribution in [0.2, 0.25) is 5.02 Å². The average Bonchev–Trinajstić information content (AvgIpc) is 2.98. The van der Waals surface area contributed by atoms with Crippen molar-refractivity contribution in [3.8, 4) is 28.1 Å². The van der Waals surface area contributed by atoms with Crippen molar-refractivity contribution in [3.05, 3.63) is 94.4 Å². The normalized spacial score (nSPS) is 10.6. The lowest BCUT2D eigenvalue weighted by Crippen LogP contribution is -2.31. The number of aliphatic hydroxyl groups is 1. The first kappa shape index (κ1) is 29.2. The van der Waals surface area contributed by atoms with E-state index in [1.54, 1.807) is 48.7 Å². The molecule has 0 saturated heterocycles. The van der Waals surface area contributed by atoms with Gasteiger partial charge in [-0.2, -0.15) is 0 Å². The van der Waals surface area contributed by atoms with Crippen LogP contribution in [0.15, 0.2) is 67.0 Å². The Kier molecular flexibility index (Phi) is 9.28. The van der Waals surface area contributed by atoms with E-state index in [4.69, 9.17) is 21.4 Å². The lowest BCUT2D eigenvalue weighted by atomic mass is 9.97. The number of aromatic nitrogens is 2. The molecule has 0 spiro atoms. The molecule has 0 aliphatic rings. The first-order valence-electron chi connectivity index (χ1n) is 12.5. The van der Waals surface area contributed by atoms with E-state index >= 15 is 0 Å². The predicted octanol–water partition coefficient (Wildman–Crippen LogP) is 5.32. The molecule has 0 fully saturated rings. The Hall–Kier alpha value is -4.80. The fourth-order valence-electron chi connectivity index (χ4n) is 4.29. The van der Waals surface area contributed by atoms with E-state index in [1.807, 2.05) is 13.0 Å². The number of halogens is 1. The van der Waals surface area contributed by atoms with E-state index in [0.29, 0.717) is 50.7 Å². The van der Waals surface area contributed by atoms with Gasteiger partial charge in [0.1, 0.15) is 11.4 Å². The molecule has 3 N–H and O–H groups in total. The number of carbonyl (C=O) groups excluding carboxylic acids is 2. The summed E-state index contributed by atoms with van der Waals surface area (Å²) in [5.41, 5.74) is 5.16. The standard InChI is InChI=1S/C30H27ClN4O6/c1-18-22(23-10-11-32-28(27(23)31)20-7-8-21(17-37)26(14-20)41-2)4-3-5-24(18)34-29(38)25-9-6-19(15-33-25)16-35(12-13-36)30(39)40/h3-11,14-15,17,36H,12-13,16H2,1-2H3,(H,34,38)(H,39,40). The Morgan fingerprint density at radius 2 is 1.90 bits per heavy atom. The van der Waals surface area contributed by atoms with Gasteiger partial charge in [0, 0.05) is 35.8 Å². The van der Waals surface area contributed by atoms with Crippen LogP contribution in [0.5, 0.6) is 5.75 Å². The van der Waals surface area contributed by atoms with Gasteiger partial charge < -0.3 is 25.2 Å². The number of anilines is 1. The lowest BCUT2D eigenvalue weighted by Gasteiger charge is -2.18. The van der Waals surface area contributed by atoms with Crippen molar-refractivity contribution in [2.45, 2.75) is 13.5 Å². The van der Waals surface area contributed by atoms with E-state index in [-0.39, 0.29) is 25.4 Å². The quantitative estimate of drug-likeness (QED) is 0.216. The summed E-state index contributed by atoms with van der Waals surface area (Å²) in [6.45, 7) is 1.57. The summed E-state index contributed by atoms with van der Waals surface area (Å²) < 4.78 is 5.32. The molecule has 2 amide bonds. The molecule has 0 unspecified atom stereocenters. The highest BCUT2D eigenvalue weighted by atomic mass is 35.5. The third-order valence-corrected chi connectivity index (χ3v) is 6.85. The molecule has 0 saturated carbocycles. The van der Waals surface area contributed by atoms with Crippen LogP contribution in [0, 0.1) is 6.92 Å². The minimum absolute atomic E-state index is 0.0309. The number of aliphatic hydroxyl groups excluding tert-OH is 1. The van der Waals surface area contributed by atoms with Gasteiger partial charge in [-0.25, -0.2) is 4.79 Å². The number of nitrogens with one attached hydrogen (secondary N) is 1. The van der Waals surface area contributed by atoms with Gasteiger partial charge in [0.2, 0.25) is 0 Å². The summed E-state index contributed by atoms with van der Waals surface area (Å²) in [6.07, 6.45) is 2.63. The molecule has 0 aliphatic carbocycles. The number of hydrogen-bond acceptors (Lipinski definition) is 7. The van der Waals surface area contributed by atoms with E-state index in [9.17, 15) is 19.5 Å². The fraction of sp³-hybridized carbons (Fsp3) is 0.167. The van der Waals surface area contributed by atoms with Crippen molar-refractivity contribution in [1.82, 2.24) is 14.9 Å². The number of nitrogens with zero attached hydrogens (tertiary/aromatic N) is 3. The molecular formula is C30H27ClN4O6. The predicted molar refractivity (Wildman–Crippen MR) is 155 cm³/mol. The maximum atomic E-state index is 13.0. The molecule has 210 valence electrons. The van der Waals surface area contributed by atoms with Gasteiger partial charge in [-0.1, -0.05) is 35.9 Å². The highest BCUT2D eigenvalue weighted by Gasteiger charge is 2.18. The molecule has 0 aliphatic heterocycles. The van der Waals surface area contributed by atoms with Gasteiger partial charge in [-0.3, -0.25) is 19.6 Å². The summed E-state index contributed by atoms with van der Waals surface area (Å²) in [5.74, 6) is -0.0289. The van der Waals surface area contributed by atoms with Crippen LogP contribution in [0.1, 0.15) is 32.0 Å². The van der Waals surface area contributed by atoms with Crippen molar-refractivity contribution in [1.29, 1.82) is 0 Å². The van der Waals surface area contributed by atoms with Crippen molar-refractivity contribution < 1.29 is 29.3 Å². The minimum atomic E-state index is -1.16. The average molecular weight is 575 g/mol. The maximum Gasteiger partial charge on any atom is 0.407 e. The highest BCUT2D eigenvalue weighted by molar-refractivity contribution is 6.35. The molecule has 10 nitrogen and oxygen atoms in total. The van der Waals surface area contributed by atoms with Crippen LogP contribution in [0.3, 0.4) is 0 Å². The number of pyridine rings is 2. The summed E-state index contributed by atoms with van der Waals surface area (Å²) in [4.78, 5) is 45.3. The van der Waals surface area contributed by atoms with Crippen molar-refractivity contribution in [2.75, 3.05) is 25.6 Å². The van der Waals surface area contributed by atoms with Gasteiger partial charge >= 0.3 is 6.09 Å². The van der Waals surface area contributed by atoms with Crippen molar-refractivity contribution in [3.63, 3.8) is 0 Å². The number of methoxy groups -OCH3 is 1. The molecule has 4 aromatic rings. The third-order valence-electron chi connectivity index (χ3n) is 6.47. The number of hydrogen-bond donors (Lipinski definition) is 3. The molecule has 2 heterocycles. The molecule has 11 heteroatoms. The van der Waals surface area contributed by atoms with Crippen LogP contribution in [0.25, 0.3) is 22.4 Å². The van der Waals surface area contributed by atoms with Crippen molar-refractivity contribution >= 4 is 35.6 Å². The second kappa shape index (κ2) is 13.0. The van der Waals surface area contributed by atoms with E-state index in [1.165, 1.54) is 19.4 Å². The number of benzene rings is 2. The van der Waals surface area contributed by atoms with Gasteiger partial charge in [0.25, 0.3) is 5.91 Å². The Balaban J connectivity index is 1.58. The largest absolute Gasteiger partial charge is 0.496 e. The summed E-state index contributed by atoms with van der Waals surface area (Å²) in [5, 5.41) is 21.6. The van der Waals surface area contributed by atoms with Crippen LogP contribution in [0.4, 0.5) is 10.5 Å². The zero-order chi connectivity index (χ0) is 29.5. The molecule has 0 atom stereocenters. The second-order valence-corrected chi connectivity index (χ2v) is 9.39. The monoisotopic (exact) mass is 574 g/mol. The third kappa shape index (κ3) is 6.51.